The van der Waals surface area contributed by atoms with Crippen LogP contribution in [0, 0.1) is 6.92 Å². The van der Waals surface area contributed by atoms with Gasteiger partial charge in [0.1, 0.15) is 5.75 Å². The van der Waals surface area contributed by atoms with Crippen LogP contribution in [0.3, 0.4) is 0 Å². The van der Waals surface area contributed by atoms with E-state index in [0.29, 0.717) is 0 Å². The second-order valence-corrected chi connectivity index (χ2v) is 8.15. The molecule has 148 valence electrons. The number of hydrogen-bond acceptors (Lipinski definition) is 4. The highest BCUT2D eigenvalue weighted by Gasteiger charge is 2.62. The number of anilines is 1. The molecule has 3 aliphatic heterocycles. The van der Waals surface area contributed by atoms with Crippen LogP contribution in [0.15, 0.2) is 77.9 Å². The molecule has 1 amide bonds. The summed E-state index contributed by atoms with van der Waals surface area (Å²) in [7, 11) is 1.81. The van der Waals surface area contributed by atoms with Crippen molar-refractivity contribution in [2.45, 2.75) is 25.1 Å². The van der Waals surface area contributed by atoms with Crippen molar-refractivity contribution in [3.8, 4) is 5.75 Å². The van der Waals surface area contributed by atoms with Crippen LogP contribution in [0.4, 0.5) is 5.69 Å². The summed E-state index contributed by atoms with van der Waals surface area (Å²) in [5, 5.41) is 6.91. The van der Waals surface area contributed by atoms with Crippen LogP contribution in [-0.4, -0.2) is 23.7 Å². The number of fused-ring (bicyclic) bond motifs is 6. The standard InChI is InChI=1S/C25H21N3O2/c1-16-12-13-21-19(14-16)25(24(29)27(21)2)28-22(18-10-6-7-11-23(18)30-25)15-20(26-28)17-8-4-3-5-9-17/h3-14,22H,15H2,1-2H3/t22-,25+/m1/s1. The first-order valence-corrected chi connectivity index (χ1v) is 10.2. The van der Waals surface area contributed by atoms with E-state index < -0.39 is 5.72 Å². The lowest BCUT2D eigenvalue weighted by atomic mass is 9.92. The number of aryl methyl sites for hydroxylation is 1. The van der Waals surface area contributed by atoms with Gasteiger partial charge in [-0.25, -0.2) is 5.01 Å². The van der Waals surface area contributed by atoms with Gasteiger partial charge in [-0.1, -0.05) is 60.2 Å². The van der Waals surface area contributed by atoms with Crippen molar-refractivity contribution < 1.29 is 9.53 Å². The number of rotatable bonds is 1. The van der Waals surface area contributed by atoms with Crippen LogP contribution >= 0.6 is 0 Å². The van der Waals surface area contributed by atoms with E-state index in [1.807, 2.05) is 67.5 Å². The molecule has 0 N–H and O–H groups in total. The third-order valence-electron chi connectivity index (χ3n) is 6.35. The van der Waals surface area contributed by atoms with Gasteiger partial charge in [-0.2, -0.15) is 5.10 Å². The van der Waals surface area contributed by atoms with E-state index in [0.717, 1.165) is 45.8 Å². The minimum atomic E-state index is -1.29. The Hall–Kier alpha value is -3.60. The van der Waals surface area contributed by atoms with E-state index in [4.69, 9.17) is 9.84 Å². The largest absolute Gasteiger partial charge is 0.453 e. The van der Waals surface area contributed by atoms with Crippen LogP contribution in [-0.2, 0) is 10.5 Å². The van der Waals surface area contributed by atoms with Gasteiger partial charge in [0.25, 0.3) is 5.91 Å². The summed E-state index contributed by atoms with van der Waals surface area (Å²) < 4.78 is 6.57. The zero-order valence-corrected chi connectivity index (χ0v) is 16.9. The van der Waals surface area contributed by atoms with Crippen LogP contribution < -0.4 is 9.64 Å². The van der Waals surface area contributed by atoms with E-state index in [-0.39, 0.29) is 11.9 Å². The maximum atomic E-state index is 13.7. The number of carbonyl (C=O) groups is 1. The van der Waals surface area contributed by atoms with Gasteiger partial charge in [-0.3, -0.25) is 4.79 Å². The molecule has 0 radical (unpaired) electrons. The Labute approximate surface area is 175 Å². The number of benzene rings is 3. The summed E-state index contributed by atoms with van der Waals surface area (Å²) in [6, 6.07) is 24.2. The van der Waals surface area contributed by atoms with Crippen molar-refractivity contribution in [3.63, 3.8) is 0 Å². The number of nitrogens with zero attached hydrogens (tertiary/aromatic N) is 3. The summed E-state index contributed by atoms with van der Waals surface area (Å²) in [4.78, 5) is 15.4. The molecule has 5 nitrogen and oxygen atoms in total. The number of hydrogen-bond donors (Lipinski definition) is 0. The van der Waals surface area contributed by atoms with Crippen molar-refractivity contribution in [1.82, 2.24) is 5.01 Å². The Balaban J connectivity index is 1.61. The van der Waals surface area contributed by atoms with Crippen molar-refractivity contribution in [1.29, 1.82) is 0 Å². The van der Waals surface area contributed by atoms with Gasteiger partial charge in [0.2, 0.25) is 0 Å². The maximum Gasteiger partial charge on any atom is 0.306 e. The normalized spacial score (nSPS) is 23.7. The third kappa shape index (κ3) is 2.12. The number of para-hydroxylation sites is 1. The Morgan fingerprint density at radius 2 is 1.80 bits per heavy atom. The van der Waals surface area contributed by atoms with Gasteiger partial charge < -0.3 is 9.64 Å². The van der Waals surface area contributed by atoms with E-state index in [1.165, 1.54) is 0 Å². The summed E-state index contributed by atoms with van der Waals surface area (Å²) in [5.41, 5.74) is 4.63. The van der Waals surface area contributed by atoms with E-state index >= 15 is 0 Å². The Bertz CT molecular complexity index is 1220. The Morgan fingerprint density at radius 1 is 1.03 bits per heavy atom. The highest BCUT2D eigenvalue weighted by Crippen LogP contribution is 2.55. The number of amides is 1. The topological polar surface area (TPSA) is 45.1 Å². The van der Waals surface area contributed by atoms with Crippen molar-refractivity contribution in [2.24, 2.45) is 5.10 Å². The first kappa shape index (κ1) is 17.3. The van der Waals surface area contributed by atoms with Crippen molar-refractivity contribution in [3.05, 3.63) is 95.1 Å². The first-order valence-electron chi connectivity index (χ1n) is 10.2. The lowest BCUT2D eigenvalue weighted by molar-refractivity contribution is -0.163. The highest BCUT2D eigenvalue weighted by atomic mass is 16.5. The van der Waals surface area contributed by atoms with Crippen LogP contribution in [0.2, 0.25) is 0 Å². The summed E-state index contributed by atoms with van der Waals surface area (Å²) in [5.74, 6) is 0.639. The first-order chi connectivity index (χ1) is 14.6. The maximum absolute atomic E-state index is 13.7. The molecule has 0 aromatic heterocycles. The molecule has 0 aliphatic carbocycles. The van der Waals surface area contributed by atoms with Crippen molar-refractivity contribution >= 4 is 17.3 Å². The second kappa shape index (κ2) is 5.95. The fraction of sp³-hybridized carbons (Fsp3) is 0.200. The zero-order chi connectivity index (χ0) is 20.5. The number of likely N-dealkylation sites (N-methyl/N-ethyl adjacent to an activating group) is 1. The highest BCUT2D eigenvalue weighted by molar-refractivity contribution is 6.08. The predicted octanol–water partition coefficient (Wildman–Crippen LogP) is 4.37. The Morgan fingerprint density at radius 3 is 2.63 bits per heavy atom. The van der Waals surface area contributed by atoms with Gasteiger partial charge in [-0.15, -0.1) is 0 Å². The minimum Gasteiger partial charge on any atom is -0.453 e. The lowest BCUT2D eigenvalue weighted by Gasteiger charge is -2.44. The number of hydrazone groups is 1. The molecular weight excluding hydrogens is 374 g/mol. The average Bonchev–Trinajstić information content (AvgIpc) is 3.31. The zero-order valence-electron chi connectivity index (χ0n) is 16.9. The van der Waals surface area contributed by atoms with Crippen LogP contribution in [0.5, 0.6) is 5.75 Å². The molecule has 0 unspecified atom stereocenters. The van der Waals surface area contributed by atoms with E-state index in [1.54, 1.807) is 4.90 Å². The molecule has 3 aromatic rings. The van der Waals surface area contributed by atoms with Gasteiger partial charge in [0.15, 0.2) is 0 Å². The minimum absolute atomic E-state index is 0.0611. The molecule has 0 saturated carbocycles. The van der Waals surface area contributed by atoms with Gasteiger partial charge >= 0.3 is 5.72 Å². The summed E-state index contributed by atoms with van der Waals surface area (Å²) in [6.45, 7) is 2.04. The molecule has 2 atom stereocenters. The van der Waals surface area contributed by atoms with Gasteiger partial charge in [0, 0.05) is 19.0 Å². The molecular formula is C25H21N3O2. The fourth-order valence-corrected chi connectivity index (χ4v) is 4.89. The van der Waals surface area contributed by atoms with Gasteiger partial charge in [0.05, 0.1) is 23.0 Å². The molecule has 5 heteroatoms. The third-order valence-corrected chi connectivity index (χ3v) is 6.35. The molecule has 6 rings (SSSR count). The van der Waals surface area contributed by atoms with Gasteiger partial charge in [-0.05, 0) is 30.7 Å². The number of ether oxygens (including phenoxy) is 1. The molecule has 0 bridgehead atoms. The van der Waals surface area contributed by atoms with E-state index in [2.05, 4.69) is 24.3 Å². The molecule has 3 aromatic carbocycles. The van der Waals surface area contributed by atoms with Crippen LogP contribution in [0.25, 0.3) is 0 Å². The number of carbonyl (C=O) groups excluding carboxylic acids is 1. The molecule has 3 heterocycles. The van der Waals surface area contributed by atoms with Crippen LogP contribution in [0.1, 0.15) is 34.7 Å². The molecule has 1 spiro atoms. The summed E-state index contributed by atoms with van der Waals surface area (Å²) in [6.07, 6.45) is 0.726. The SMILES string of the molecule is Cc1ccc2c(c1)[C@]1(Oc3ccccc3[C@H]3CC(c4ccccc4)=NN31)C(=O)N2C. The smallest absolute Gasteiger partial charge is 0.306 e. The predicted molar refractivity (Wildman–Crippen MR) is 116 cm³/mol. The Kier molecular flexibility index (Phi) is 3.43. The quantitative estimate of drug-likeness (QED) is 0.615. The fourth-order valence-electron chi connectivity index (χ4n) is 4.89. The molecule has 3 aliphatic rings. The summed E-state index contributed by atoms with van der Waals surface area (Å²) >= 11 is 0. The average molecular weight is 395 g/mol. The second-order valence-electron chi connectivity index (χ2n) is 8.15. The lowest BCUT2D eigenvalue weighted by Crippen LogP contribution is -2.56. The van der Waals surface area contributed by atoms with E-state index in [9.17, 15) is 4.79 Å². The molecule has 0 saturated heterocycles. The van der Waals surface area contributed by atoms with Crippen molar-refractivity contribution in [2.75, 3.05) is 11.9 Å². The monoisotopic (exact) mass is 395 g/mol. The molecule has 30 heavy (non-hydrogen) atoms. The molecule has 0 fully saturated rings.